The van der Waals surface area contributed by atoms with Crippen molar-refractivity contribution in [2.24, 2.45) is 12.8 Å². The highest BCUT2D eigenvalue weighted by molar-refractivity contribution is 7.90. The summed E-state index contributed by atoms with van der Waals surface area (Å²) in [5, 5.41) is 4.22. The van der Waals surface area contributed by atoms with Crippen LogP contribution in [0.15, 0.2) is 29.2 Å². The Bertz CT molecular complexity index is 659. The molecule has 0 atom stereocenters. The maximum Gasteiger partial charge on any atom is 0.181 e. The fraction of sp³-hybridized carbons (Fsp3) is 0.273. The molecule has 2 rings (SSSR count). The van der Waals surface area contributed by atoms with Crippen molar-refractivity contribution in [3.05, 3.63) is 30.1 Å². The van der Waals surface area contributed by atoms with Crippen LogP contribution in [0.25, 0.3) is 11.4 Å². The molecule has 1 aromatic carbocycles. The zero-order chi connectivity index (χ0) is 13.3. The molecule has 18 heavy (non-hydrogen) atoms. The first-order chi connectivity index (χ1) is 8.41. The molecule has 0 unspecified atom stereocenters. The van der Waals surface area contributed by atoms with Gasteiger partial charge in [0.05, 0.1) is 11.4 Å². The molecule has 1 aromatic heterocycles. The number of aryl methyl sites for hydroxylation is 1. The lowest BCUT2D eigenvalue weighted by molar-refractivity contribution is 0.602. The van der Waals surface area contributed by atoms with Crippen molar-refractivity contribution in [1.29, 1.82) is 0 Å². The fourth-order valence-electron chi connectivity index (χ4n) is 1.57. The van der Waals surface area contributed by atoms with E-state index in [2.05, 4.69) is 10.1 Å². The van der Waals surface area contributed by atoms with Gasteiger partial charge in [-0.15, -0.1) is 0 Å². The molecule has 0 radical (unpaired) electrons. The molecule has 2 N–H and O–H groups in total. The molecular formula is C11H14N4O2S. The summed E-state index contributed by atoms with van der Waals surface area (Å²) in [4.78, 5) is 4.55. The number of nitrogens with zero attached hydrogens (tertiary/aromatic N) is 3. The van der Waals surface area contributed by atoms with Gasteiger partial charge in [0, 0.05) is 18.9 Å². The summed E-state index contributed by atoms with van der Waals surface area (Å²) in [5.41, 5.74) is 6.28. The lowest BCUT2D eigenvalue weighted by Crippen LogP contribution is -2.05. The molecule has 0 bridgehead atoms. The van der Waals surface area contributed by atoms with E-state index < -0.39 is 9.84 Å². The van der Waals surface area contributed by atoms with Gasteiger partial charge in [0.25, 0.3) is 0 Å². The quantitative estimate of drug-likeness (QED) is 0.865. The molecule has 0 aliphatic carbocycles. The molecule has 0 aliphatic heterocycles. The van der Waals surface area contributed by atoms with Crippen molar-refractivity contribution < 1.29 is 8.42 Å². The Balaban J connectivity index is 2.40. The zero-order valence-corrected chi connectivity index (χ0v) is 11.0. The van der Waals surface area contributed by atoms with E-state index in [1.54, 1.807) is 36.0 Å². The van der Waals surface area contributed by atoms with Gasteiger partial charge in [-0.25, -0.2) is 13.4 Å². The maximum atomic E-state index is 11.3. The molecule has 1 heterocycles. The number of benzene rings is 1. The Morgan fingerprint density at radius 3 is 2.33 bits per heavy atom. The van der Waals surface area contributed by atoms with Crippen molar-refractivity contribution >= 4 is 9.84 Å². The van der Waals surface area contributed by atoms with Crippen LogP contribution in [-0.4, -0.2) is 29.4 Å². The van der Waals surface area contributed by atoms with Crippen molar-refractivity contribution in [2.75, 3.05) is 6.26 Å². The molecular weight excluding hydrogens is 252 g/mol. The maximum absolute atomic E-state index is 11.3. The molecule has 0 saturated heterocycles. The van der Waals surface area contributed by atoms with Gasteiger partial charge in [-0.2, -0.15) is 5.10 Å². The van der Waals surface area contributed by atoms with E-state index in [4.69, 9.17) is 5.73 Å². The predicted molar refractivity (Wildman–Crippen MR) is 67.4 cm³/mol. The highest BCUT2D eigenvalue weighted by atomic mass is 32.2. The second-order valence-electron chi connectivity index (χ2n) is 3.98. The predicted octanol–water partition coefficient (Wildman–Crippen LogP) is 0.344. The average Bonchev–Trinajstić information content (AvgIpc) is 2.69. The lowest BCUT2D eigenvalue weighted by Gasteiger charge is -1.99. The highest BCUT2D eigenvalue weighted by Crippen LogP contribution is 2.18. The van der Waals surface area contributed by atoms with E-state index >= 15 is 0 Å². The molecule has 0 spiro atoms. The van der Waals surface area contributed by atoms with Crippen LogP contribution in [0.2, 0.25) is 0 Å². The lowest BCUT2D eigenvalue weighted by atomic mass is 10.2. The number of hydrogen-bond donors (Lipinski definition) is 1. The number of rotatable bonds is 3. The third kappa shape index (κ3) is 2.41. The van der Waals surface area contributed by atoms with Crippen LogP contribution < -0.4 is 5.73 Å². The van der Waals surface area contributed by atoms with E-state index in [0.29, 0.717) is 18.2 Å². The SMILES string of the molecule is Cn1nc(-c2ccc(S(C)(=O)=O)cc2)nc1CN. The standard InChI is InChI=1S/C11H14N4O2S/c1-15-10(7-12)13-11(14-15)8-3-5-9(6-4-8)18(2,16)17/h3-6H,7,12H2,1-2H3. The van der Waals surface area contributed by atoms with E-state index in [-0.39, 0.29) is 4.90 Å². The third-order valence-corrected chi connectivity index (χ3v) is 3.70. The van der Waals surface area contributed by atoms with E-state index in [1.165, 1.54) is 6.26 Å². The second kappa shape index (κ2) is 4.51. The average molecular weight is 266 g/mol. The third-order valence-electron chi connectivity index (χ3n) is 2.58. The largest absolute Gasteiger partial charge is 0.324 e. The van der Waals surface area contributed by atoms with Gasteiger partial charge < -0.3 is 5.73 Å². The minimum Gasteiger partial charge on any atom is -0.324 e. The topological polar surface area (TPSA) is 90.9 Å². The van der Waals surface area contributed by atoms with Crippen LogP contribution >= 0.6 is 0 Å². The molecule has 6 nitrogen and oxygen atoms in total. The Kier molecular flexibility index (Phi) is 3.18. The minimum absolute atomic E-state index is 0.279. The Morgan fingerprint density at radius 1 is 1.28 bits per heavy atom. The van der Waals surface area contributed by atoms with Gasteiger partial charge in [0.15, 0.2) is 15.7 Å². The minimum atomic E-state index is -3.18. The van der Waals surface area contributed by atoms with Crippen LogP contribution in [0.3, 0.4) is 0 Å². The summed E-state index contributed by atoms with van der Waals surface area (Å²) in [6, 6.07) is 6.46. The Hall–Kier alpha value is -1.73. The van der Waals surface area contributed by atoms with Crippen molar-refractivity contribution in [1.82, 2.24) is 14.8 Å². The molecule has 0 amide bonds. The first kappa shape index (κ1) is 12.7. The Morgan fingerprint density at radius 2 is 1.89 bits per heavy atom. The van der Waals surface area contributed by atoms with Crippen LogP contribution in [-0.2, 0) is 23.4 Å². The van der Waals surface area contributed by atoms with Gasteiger partial charge >= 0.3 is 0 Å². The molecule has 96 valence electrons. The van der Waals surface area contributed by atoms with Crippen molar-refractivity contribution in [3.8, 4) is 11.4 Å². The summed E-state index contributed by atoms with van der Waals surface area (Å²) >= 11 is 0. The fourth-order valence-corrected chi connectivity index (χ4v) is 2.20. The van der Waals surface area contributed by atoms with E-state index in [0.717, 1.165) is 5.56 Å². The van der Waals surface area contributed by atoms with E-state index in [9.17, 15) is 8.42 Å². The summed E-state index contributed by atoms with van der Waals surface area (Å²) in [5.74, 6) is 1.22. The van der Waals surface area contributed by atoms with Gasteiger partial charge in [-0.3, -0.25) is 4.68 Å². The second-order valence-corrected chi connectivity index (χ2v) is 5.99. The number of hydrogen-bond acceptors (Lipinski definition) is 5. The van der Waals surface area contributed by atoms with Crippen LogP contribution in [0.4, 0.5) is 0 Å². The monoisotopic (exact) mass is 266 g/mol. The molecule has 0 fully saturated rings. The first-order valence-electron chi connectivity index (χ1n) is 5.32. The van der Waals surface area contributed by atoms with Gasteiger partial charge in [0.2, 0.25) is 0 Å². The molecule has 0 aliphatic rings. The molecule has 7 heteroatoms. The number of sulfone groups is 1. The summed E-state index contributed by atoms with van der Waals surface area (Å²) < 4.78 is 24.3. The molecule has 0 saturated carbocycles. The first-order valence-corrected chi connectivity index (χ1v) is 7.21. The van der Waals surface area contributed by atoms with Crippen molar-refractivity contribution in [2.45, 2.75) is 11.4 Å². The van der Waals surface area contributed by atoms with Crippen LogP contribution in [0.1, 0.15) is 5.82 Å². The van der Waals surface area contributed by atoms with Gasteiger partial charge in [-0.05, 0) is 24.3 Å². The van der Waals surface area contributed by atoms with E-state index in [1.807, 2.05) is 0 Å². The summed E-state index contributed by atoms with van der Waals surface area (Å²) in [7, 11) is -1.41. The van der Waals surface area contributed by atoms with Crippen molar-refractivity contribution in [3.63, 3.8) is 0 Å². The number of nitrogens with two attached hydrogens (primary N) is 1. The van der Waals surface area contributed by atoms with Gasteiger partial charge in [0.1, 0.15) is 5.82 Å². The molecule has 2 aromatic rings. The normalized spacial score (nSPS) is 11.7. The summed E-state index contributed by atoms with van der Waals surface area (Å²) in [6.45, 7) is 0.310. The number of aromatic nitrogens is 3. The zero-order valence-electron chi connectivity index (χ0n) is 10.2. The van der Waals surface area contributed by atoms with Gasteiger partial charge in [-0.1, -0.05) is 0 Å². The highest BCUT2D eigenvalue weighted by Gasteiger charge is 2.10. The van der Waals surface area contributed by atoms with Crippen LogP contribution in [0.5, 0.6) is 0 Å². The van der Waals surface area contributed by atoms with Crippen LogP contribution in [0, 0.1) is 0 Å². The summed E-state index contributed by atoms with van der Waals surface area (Å²) in [6.07, 6.45) is 1.17. The smallest absolute Gasteiger partial charge is 0.181 e. The Labute approximate surface area is 105 Å².